The first-order valence-corrected chi connectivity index (χ1v) is 9.18. The number of ether oxygens (including phenoxy) is 2. The number of carbonyl (C=O) groups excluding carboxylic acids is 1. The van der Waals surface area contributed by atoms with Crippen LogP contribution in [0.3, 0.4) is 0 Å². The number of hydrogen-bond donors (Lipinski definition) is 2. The maximum atomic E-state index is 13.1. The largest absolute Gasteiger partial charge is 0.493 e. The molecule has 27 heavy (non-hydrogen) atoms. The molecule has 0 spiro atoms. The fourth-order valence-electron chi connectivity index (χ4n) is 2.99. The fraction of sp³-hybridized carbons (Fsp3) is 0.600. The number of carboxylic acids is 1. The molecule has 0 aliphatic carbocycles. The van der Waals surface area contributed by atoms with E-state index in [-0.39, 0.29) is 11.4 Å². The van der Waals surface area contributed by atoms with E-state index in [2.05, 4.69) is 20.8 Å². The highest BCUT2D eigenvalue weighted by atomic mass is 16.5. The summed E-state index contributed by atoms with van der Waals surface area (Å²) in [5, 5.41) is 7.42. The van der Waals surface area contributed by atoms with Crippen molar-refractivity contribution in [3.05, 3.63) is 23.8 Å². The number of nitrogens with two attached hydrogens (primary N) is 1. The number of carbonyl (C=O) groups is 2. The van der Waals surface area contributed by atoms with Gasteiger partial charge in [0.15, 0.2) is 11.5 Å². The SMILES string of the molecule is CC(=O)O.COc1cccc(C(=O)N2CCC(C)C2(C)C)c1OCCCN. The number of para-hydroxylation sites is 1. The van der Waals surface area contributed by atoms with E-state index in [0.717, 1.165) is 26.3 Å². The molecule has 1 aromatic rings. The van der Waals surface area contributed by atoms with Gasteiger partial charge in [-0.15, -0.1) is 0 Å². The van der Waals surface area contributed by atoms with E-state index in [4.69, 9.17) is 25.1 Å². The average molecular weight is 380 g/mol. The van der Waals surface area contributed by atoms with Gasteiger partial charge in [0, 0.05) is 19.0 Å². The van der Waals surface area contributed by atoms with Gasteiger partial charge in [-0.3, -0.25) is 9.59 Å². The second-order valence-electron chi connectivity index (χ2n) is 7.15. The van der Waals surface area contributed by atoms with Gasteiger partial charge in [-0.1, -0.05) is 13.0 Å². The smallest absolute Gasteiger partial charge is 0.300 e. The first-order chi connectivity index (χ1) is 12.7. The summed E-state index contributed by atoms with van der Waals surface area (Å²) in [5.74, 6) is 0.737. The quantitative estimate of drug-likeness (QED) is 0.736. The molecule has 0 saturated carbocycles. The van der Waals surface area contributed by atoms with Gasteiger partial charge >= 0.3 is 0 Å². The molecular formula is C20H32N2O5. The van der Waals surface area contributed by atoms with Crippen LogP contribution in [-0.4, -0.2) is 54.2 Å². The van der Waals surface area contributed by atoms with E-state index in [1.165, 1.54) is 0 Å². The average Bonchev–Trinajstić information content (AvgIpc) is 2.87. The van der Waals surface area contributed by atoms with Gasteiger partial charge in [0.25, 0.3) is 11.9 Å². The molecule has 1 amide bonds. The van der Waals surface area contributed by atoms with Gasteiger partial charge in [0.1, 0.15) is 0 Å². The Morgan fingerprint density at radius 2 is 2.00 bits per heavy atom. The molecule has 7 heteroatoms. The number of nitrogens with zero attached hydrogens (tertiary/aromatic N) is 1. The molecule has 0 aromatic heterocycles. The highest BCUT2D eigenvalue weighted by molar-refractivity contribution is 5.98. The van der Waals surface area contributed by atoms with Crippen LogP contribution >= 0.6 is 0 Å². The minimum absolute atomic E-state index is 0.000925. The lowest BCUT2D eigenvalue weighted by atomic mass is 9.90. The lowest BCUT2D eigenvalue weighted by Crippen LogP contribution is -2.45. The summed E-state index contributed by atoms with van der Waals surface area (Å²) in [4.78, 5) is 24.0. The Morgan fingerprint density at radius 3 is 2.48 bits per heavy atom. The summed E-state index contributed by atoms with van der Waals surface area (Å²) in [6.07, 6.45) is 1.75. The van der Waals surface area contributed by atoms with Crippen LogP contribution < -0.4 is 15.2 Å². The van der Waals surface area contributed by atoms with Gasteiger partial charge in [0.05, 0.1) is 19.3 Å². The second kappa shape index (κ2) is 10.2. The molecule has 0 bridgehead atoms. The Labute approximate surface area is 161 Å². The number of carboxylic acid groups (broad SMARTS) is 1. The molecule has 152 valence electrons. The molecule has 1 aromatic carbocycles. The summed E-state index contributed by atoms with van der Waals surface area (Å²) >= 11 is 0. The normalized spacial score (nSPS) is 17.7. The summed E-state index contributed by atoms with van der Waals surface area (Å²) in [6, 6.07) is 5.45. The highest BCUT2D eigenvalue weighted by Gasteiger charge is 2.42. The third-order valence-electron chi connectivity index (χ3n) is 4.96. The number of rotatable bonds is 6. The first kappa shape index (κ1) is 22.8. The molecule has 1 atom stereocenters. The Balaban J connectivity index is 0.000000828. The fourth-order valence-corrected chi connectivity index (χ4v) is 2.99. The van der Waals surface area contributed by atoms with Gasteiger partial charge in [-0.2, -0.15) is 0 Å². The highest BCUT2D eigenvalue weighted by Crippen LogP contribution is 2.38. The van der Waals surface area contributed by atoms with Gasteiger partial charge < -0.3 is 25.2 Å². The molecule has 1 heterocycles. The molecule has 3 N–H and O–H groups in total. The Hall–Kier alpha value is -2.28. The monoisotopic (exact) mass is 380 g/mol. The first-order valence-electron chi connectivity index (χ1n) is 9.18. The van der Waals surface area contributed by atoms with Crippen LogP contribution in [0, 0.1) is 5.92 Å². The Kier molecular flexibility index (Phi) is 8.56. The van der Waals surface area contributed by atoms with E-state index in [1.54, 1.807) is 7.11 Å². The zero-order valence-corrected chi connectivity index (χ0v) is 16.9. The van der Waals surface area contributed by atoms with E-state index in [0.29, 0.717) is 36.1 Å². The maximum absolute atomic E-state index is 13.1. The maximum Gasteiger partial charge on any atom is 0.300 e. The molecule has 1 unspecified atom stereocenters. The molecule has 2 rings (SSSR count). The van der Waals surface area contributed by atoms with Crippen molar-refractivity contribution < 1.29 is 24.2 Å². The van der Waals surface area contributed by atoms with Crippen molar-refractivity contribution in [3.63, 3.8) is 0 Å². The Bertz CT molecular complexity index is 641. The van der Waals surface area contributed by atoms with Crippen LogP contribution in [-0.2, 0) is 4.79 Å². The van der Waals surface area contributed by atoms with E-state index < -0.39 is 5.97 Å². The zero-order chi connectivity index (χ0) is 20.6. The predicted octanol–water partition coefficient (Wildman–Crippen LogP) is 2.77. The predicted molar refractivity (Wildman–Crippen MR) is 104 cm³/mol. The van der Waals surface area contributed by atoms with E-state index in [9.17, 15) is 4.79 Å². The molecule has 7 nitrogen and oxygen atoms in total. The summed E-state index contributed by atoms with van der Waals surface area (Å²) in [6.45, 7) is 9.31. The third-order valence-corrected chi connectivity index (χ3v) is 4.96. The molecular weight excluding hydrogens is 348 g/mol. The van der Waals surface area contributed by atoms with Crippen LogP contribution in [0.25, 0.3) is 0 Å². The molecule has 1 aliphatic heterocycles. The lowest BCUT2D eigenvalue weighted by Gasteiger charge is -2.35. The molecule has 1 fully saturated rings. The number of amides is 1. The van der Waals surface area contributed by atoms with Crippen molar-refractivity contribution in [2.75, 3.05) is 26.8 Å². The van der Waals surface area contributed by atoms with Gasteiger partial charge in [-0.25, -0.2) is 0 Å². The van der Waals surface area contributed by atoms with E-state index in [1.807, 2.05) is 23.1 Å². The van der Waals surface area contributed by atoms with Crippen LogP contribution in [0.2, 0.25) is 0 Å². The minimum Gasteiger partial charge on any atom is -0.493 e. The number of methoxy groups -OCH3 is 1. The van der Waals surface area contributed by atoms with Crippen LogP contribution in [0.5, 0.6) is 11.5 Å². The van der Waals surface area contributed by atoms with Gasteiger partial charge in [0.2, 0.25) is 0 Å². The molecule has 1 saturated heterocycles. The van der Waals surface area contributed by atoms with Crippen molar-refractivity contribution in [1.29, 1.82) is 0 Å². The molecule has 0 radical (unpaired) electrons. The second-order valence-corrected chi connectivity index (χ2v) is 7.15. The van der Waals surface area contributed by atoms with Gasteiger partial charge in [-0.05, 0) is 51.3 Å². The summed E-state index contributed by atoms with van der Waals surface area (Å²) in [7, 11) is 1.58. The lowest BCUT2D eigenvalue weighted by molar-refractivity contribution is -0.134. The summed E-state index contributed by atoms with van der Waals surface area (Å²) in [5.41, 5.74) is 5.93. The third kappa shape index (κ3) is 5.85. The van der Waals surface area contributed by atoms with Crippen molar-refractivity contribution in [2.45, 2.75) is 46.1 Å². The van der Waals surface area contributed by atoms with E-state index >= 15 is 0 Å². The zero-order valence-electron chi connectivity index (χ0n) is 16.9. The number of likely N-dealkylation sites (tertiary alicyclic amines) is 1. The molecule has 1 aliphatic rings. The van der Waals surface area contributed by atoms with Crippen LogP contribution in [0.15, 0.2) is 18.2 Å². The van der Waals surface area contributed by atoms with Crippen LogP contribution in [0.1, 0.15) is 50.9 Å². The van der Waals surface area contributed by atoms with Crippen molar-refractivity contribution in [2.24, 2.45) is 11.7 Å². The number of benzene rings is 1. The standard InChI is InChI=1S/C18H28N2O3.C2H4O2/c1-13-9-11-20(18(13,2)3)17(21)14-7-5-8-15(22-4)16(14)23-12-6-10-19;1-2(3)4/h5,7-8,13H,6,9-12,19H2,1-4H3;1H3,(H,3,4). The summed E-state index contributed by atoms with van der Waals surface area (Å²) < 4.78 is 11.2. The topological polar surface area (TPSA) is 102 Å². The number of hydrogen-bond acceptors (Lipinski definition) is 5. The van der Waals surface area contributed by atoms with Crippen LogP contribution in [0.4, 0.5) is 0 Å². The minimum atomic E-state index is -0.833. The number of aliphatic carboxylic acids is 1. The Morgan fingerprint density at radius 1 is 1.37 bits per heavy atom. The van der Waals surface area contributed by atoms with Crippen molar-refractivity contribution in [3.8, 4) is 11.5 Å². The van der Waals surface area contributed by atoms with Crippen molar-refractivity contribution in [1.82, 2.24) is 4.90 Å². The van der Waals surface area contributed by atoms with Crippen molar-refractivity contribution >= 4 is 11.9 Å².